The first-order valence-corrected chi connectivity index (χ1v) is 12.7. The molecule has 0 spiro atoms. The number of hydrogen-bond acceptors (Lipinski definition) is 5. The molecule has 0 amide bonds. The van der Waals surface area contributed by atoms with E-state index in [1.165, 1.54) is 4.57 Å². The average molecular weight is 458 g/mol. The summed E-state index contributed by atoms with van der Waals surface area (Å²) < 4.78 is 2.98. The number of nitrogens with zero attached hydrogens (tertiary/aromatic N) is 4. The first kappa shape index (κ1) is 22.4. The Hall–Kier alpha value is -2.42. The van der Waals surface area contributed by atoms with Gasteiger partial charge in [0.25, 0.3) is 5.56 Å². The molecule has 3 heterocycles. The van der Waals surface area contributed by atoms with Crippen LogP contribution in [0.2, 0.25) is 0 Å². The number of imidazole rings is 1. The molecule has 1 aliphatic heterocycles. The van der Waals surface area contributed by atoms with Crippen LogP contribution >= 0.6 is 0 Å². The van der Waals surface area contributed by atoms with Gasteiger partial charge in [-0.2, -0.15) is 0 Å². The van der Waals surface area contributed by atoms with Gasteiger partial charge in [-0.05, 0) is 69.7 Å². The largest absolute Gasteiger partial charge is 0.480 e. The van der Waals surface area contributed by atoms with Gasteiger partial charge in [0, 0.05) is 25.0 Å². The standard InChI is InChI=1S/C24H35N5O4/c1-3-9-28-21-18(22(30)29(10-4-2)24(28)33)25-20(26-21)16-12-14-7-8-15(13-16)19(14)27-11-5-6-17(27)23(31)32/h14-17,19H,3-13H2,1-2H3,(H,25,26)(H,31,32). The lowest BCUT2D eigenvalue weighted by Crippen LogP contribution is -2.49. The third kappa shape index (κ3) is 3.64. The number of aromatic nitrogens is 4. The Kier molecular flexibility index (Phi) is 5.93. The summed E-state index contributed by atoms with van der Waals surface area (Å²) >= 11 is 0. The number of carbonyl (C=O) groups is 1. The molecule has 33 heavy (non-hydrogen) atoms. The second-order valence-electron chi connectivity index (χ2n) is 10.2. The molecular formula is C24H35N5O4. The fraction of sp³-hybridized carbons (Fsp3) is 0.750. The number of nitrogens with one attached hydrogen (secondary N) is 1. The zero-order valence-corrected chi connectivity index (χ0v) is 19.6. The molecule has 3 aliphatic rings. The van der Waals surface area contributed by atoms with Gasteiger partial charge in [-0.15, -0.1) is 0 Å². The van der Waals surface area contributed by atoms with E-state index in [4.69, 9.17) is 4.98 Å². The third-order valence-corrected chi connectivity index (χ3v) is 8.17. The molecule has 9 nitrogen and oxygen atoms in total. The lowest BCUT2D eigenvalue weighted by molar-refractivity contribution is -0.143. The summed E-state index contributed by atoms with van der Waals surface area (Å²) in [5, 5.41) is 9.68. The van der Waals surface area contributed by atoms with Gasteiger partial charge in [-0.3, -0.25) is 23.6 Å². The summed E-state index contributed by atoms with van der Waals surface area (Å²) in [6.07, 6.45) is 7.36. The fourth-order valence-corrected chi connectivity index (χ4v) is 6.90. The molecule has 180 valence electrons. The van der Waals surface area contributed by atoms with E-state index in [1.54, 1.807) is 4.57 Å². The van der Waals surface area contributed by atoms with Gasteiger partial charge >= 0.3 is 11.7 Å². The number of carboxylic acids is 1. The molecule has 2 saturated carbocycles. The van der Waals surface area contributed by atoms with E-state index >= 15 is 0 Å². The van der Waals surface area contributed by atoms with E-state index in [-0.39, 0.29) is 23.2 Å². The monoisotopic (exact) mass is 457 g/mol. The molecule has 2 N–H and O–H groups in total. The summed E-state index contributed by atoms with van der Waals surface area (Å²) in [6.45, 7) is 5.80. The molecule has 9 heteroatoms. The Bertz CT molecular complexity index is 1150. The summed E-state index contributed by atoms with van der Waals surface area (Å²) in [5.41, 5.74) is 0.369. The van der Waals surface area contributed by atoms with E-state index < -0.39 is 5.97 Å². The summed E-state index contributed by atoms with van der Waals surface area (Å²) in [4.78, 5) is 48.2. The summed E-state index contributed by atoms with van der Waals surface area (Å²) in [7, 11) is 0. The zero-order valence-electron chi connectivity index (χ0n) is 19.6. The minimum atomic E-state index is -0.691. The SMILES string of the molecule is CCCn1c(=O)c2[nH]c(C3CC4CCC(C3)C4N3CCCC3C(=O)O)nc2n(CCC)c1=O. The Balaban J connectivity index is 1.47. The van der Waals surface area contributed by atoms with Crippen molar-refractivity contribution in [1.82, 2.24) is 24.0 Å². The Morgan fingerprint density at radius 1 is 1.06 bits per heavy atom. The van der Waals surface area contributed by atoms with Crippen LogP contribution in [0.1, 0.15) is 77.0 Å². The third-order valence-electron chi connectivity index (χ3n) is 8.17. The number of aliphatic carboxylic acids is 1. The molecule has 1 saturated heterocycles. The van der Waals surface area contributed by atoms with Crippen LogP contribution in [-0.2, 0) is 17.9 Å². The predicted molar refractivity (Wildman–Crippen MR) is 125 cm³/mol. The van der Waals surface area contributed by atoms with Crippen molar-refractivity contribution in [3.8, 4) is 0 Å². The van der Waals surface area contributed by atoms with Crippen molar-refractivity contribution in [2.45, 2.75) is 96.3 Å². The first-order chi connectivity index (χ1) is 15.9. The van der Waals surface area contributed by atoms with Crippen molar-refractivity contribution in [2.75, 3.05) is 6.54 Å². The maximum Gasteiger partial charge on any atom is 0.332 e. The van der Waals surface area contributed by atoms with Crippen molar-refractivity contribution in [2.24, 2.45) is 11.8 Å². The second kappa shape index (κ2) is 8.74. The van der Waals surface area contributed by atoms with Gasteiger partial charge in [0.2, 0.25) is 0 Å². The summed E-state index contributed by atoms with van der Waals surface area (Å²) in [5.74, 6) is 1.24. The molecule has 2 aliphatic carbocycles. The molecular weight excluding hydrogens is 422 g/mol. The molecule has 3 fully saturated rings. The van der Waals surface area contributed by atoms with Gasteiger partial charge in [0.15, 0.2) is 5.65 Å². The minimum Gasteiger partial charge on any atom is -0.480 e. The molecule has 2 aromatic heterocycles. The van der Waals surface area contributed by atoms with Crippen LogP contribution in [0.25, 0.3) is 11.2 Å². The number of hydrogen-bond donors (Lipinski definition) is 2. The fourth-order valence-electron chi connectivity index (χ4n) is 6.90. The lowest BCUT2D eigenvalue weighted by atomic mass is 9.76. The molecule has 2 bridgehead atoms. The number of likely N-dealkylation sites (tertiary alicyclic amines) is 1. The smallest absolute Gasteiger partial charge is 0.332 e. The van der Waals surface area contributed by atoms with Gasteiger partial charge in [-0.1, -0.05) is 13.8 Å². The number of aromatic amines is 1. The van der Waals surface area contributed by atoms with Gasteiger partial charge in [0.1, 0.15) is 17.4 Å². The number of aryl methyl sites for hydroxylation is 1. The van der Waals surface area contributed by atoms with Crippen molar-refractivity contribution < 1.29 is 9.90 Å². The quantitative estimate of drug-likeness (QED) is 0.661. The highest BCUT2D eigenvalue weighted by molar-refractivity contribution is 5.74. The van der Waals surface area contributed by atoms with Crippen LogP contribution in [0.15, 0.2) is 9.59 Å². The first-order valence-electron chi connectivity index (χ1n) is 12.7. The van der Waals surface area contributed by atoms with Gasteiger partial charge in [0.05, 0.1) is 0 Å². The maximum atomic E-state index is 13.1. The normalized spacial score (nSPS) is 29.8. The van der Waals surface area contributed by atoms with Crippen LogP contribution in [0.3, 0.4) is 0 Å². The van der Waals surface area contributed by atoms with Crippen LogP contribution in [0.4, 0.5) is 0 Å². The number of fused-ring (bicyclic) bond motifs is 3. The van der Waals surface area contributed by atoms with E-state index in [2.05, 4.69) is 9.88 Å². The highest BCUT2D eigenvalue weighted by Crippen LogP contribution is 2.51. The highest BCUT2D eigenvalue weighted by atomic mass is 16.4. The van der Waals surface area contributed by atoms with Crippen LogP contribution < -0.4 is 11.2 Å². The van der Waals surface area contributed by atoms with Crippen LogP contribution in [0.5, 0.6) is 0 Å². The van der Waals surface area contributed by atoms with Crippen LogP contribution in [0, 0.1) is 11.8 Å². The van der Waals surface area contributed by atoms with Gasteiger partial charge in [-0.25, -0.2) is 9.78 Å². The van der Waals surface area contributed by atoms with Crippen molar-refractivity contribution in [3.63, 3.8) is 0 Å². The topological polar surface area (TPSA) is 113 Å². The van der Waals surface area contributed by atoms with E-state index in [9.17, 15) is 19.5 Å². The van der Waals surface area contributed by atoms with Gasteiger partial charge < -0.3 is 10.1 Å². The van der Waals surface area contributed by atoms with Crippen molar-refractivity contribution in [3.05, 3.63) is 26.7 Å². The van der Waals surface area contributed by atoms with Crippen LogP contribution in [-0.4, -0.2) is 53.7 Å². The predicted octanol–water partition coefficient (Wildman–Crippen LogP) is 2.53. The molecule has 3 unspecified atom stereocenters. The second-order valence-corrected chi connectivity index (χ2v) is 10.2. The molecule has 0 aromatic carbocycles. The summed E-state index contributed by atoms with van der Waals surface area (Å²) in [6, 6.07) is -0.00403. The van der Waals surface area contributed by atoms with E-state index in [0.717, 1.165) is 63.7 Å². The lowest BCUT2D eigenvalue weighted by Gasteiger charge is -2.41. The maximum absolute atomic E-state index is 13.1. The average Bonchev–Trinajstić information content (AvgIpc) is 3.50. The van der Waals surface area contributed by atoms with Crippen molar-refractivity contribution >= 4 is 17.1 Å². The minimum absolute atomic E-state index is 0.209. The number of H-pyrrole nitrogens is 1. The Morgan fingerprint density at radius 3 is 2.36 bits per heavy atom. The molecule has 2 aromatic rings. The molecule has 0 radical (unpaired) electrons. The molecule has 3 atom stereocenters. The zero-order chi connectivity index (χ0) is 23.3. The molecule has 5 rings (SSSR count). The van der Waals surface area contributed by atoms with Crippen molar-refractivity contribution in [1.29, 1.82) is 0 Å². The van der Waals surface area contributed by atoms with E-state index in [0.29, 0.717) is 42.1 Å². The highest BCUT2D eigenvalue weighted by Gasteiger charge is 2.49. The number of carboxylic acid groups (broad SMARTS) is 1. The Labute approximate surface area is 192 Å². The van der Waals surface area contributed by atoms with E-state index in [1.807, 2.05) is 13.8 Å². The number of rotatable bonds is 7. The Morgan fingerprint density at radius 2 is 1.73 bits per heavy atom.